The fourth-order valence-corrected chi connectivity index (χ4v) is 1.46. The van der Waals surface area contributed by atoms with Crippen LogP contribution >= 0.6 is 0 Å². The van der Waals surface area contributed by atoms with Crippen molar-refractivity contribution in [1.82, 2.24) is 15.0 Å². The van der Waals surface area contributed by atoms with Crippen LogP contribution in [0.3, 0.4) is 0 Å². The molecule has 0 radical (unpaired) electrons. The second-order valence-electron chi connectivity index (χ2n) is 6.12. The second kappa shape index (κ2) is 8.00. The van der Waals surface area contributed by atoms with Crippen molar-refractivity contribution in [1.29, 1.82) is 0 Å². The molecule has 0 aliphatic carbocycles. The van der Waals surface area contributed by atoms with Crippen LogP contribution in [-0.2, 0) is 0 Å². The summed E-state index contributed by atoms with van der Waals surface area (Å²) in [4.78, 5) is 12.9. The summed E-state index contributed by atoms with van der Waals surface area (Å²) in [5.41, 5.74) is 0.162. The van der Waals surface area contributed by atoms with E-state index in [1.807, 2.05) is 6.92 Å². The van der Waals surface area contributed by atoms with Crippen LogP contribution in [0.5, 0.6) is 6.01 Å². The Bertz CT molecular complexity index is 434. The predicted octanol–water partition coefficient (Wildman–Crippen LogP) is 3.19. The topological polar surface area (TPSA) is 72.0 Å². The Morgan fingerprint density at radius 1 is 1.05 bits per heavy atom. The van der Waals surface area contributed by atoms with Gasteiger partial charge in [-0.05, 0) is 24.7 Å². The van der Waals surface area contributed by atoms with Crippen molar-refractivity contribution in [3.8, 4) is 6.01 Å². The van der Waals surface area contributed by atoms with E-state index in [9.17, 15) is 0 Å². The van der Waals surface area contributed by atoms with Crippen LogP contribution in [0.2, 0.25) is 0 Å². The van der Waals surface area contributed by atoms with Gasteiger partial charge in [-0.15, -0.1) is 0 Å². The minimum atomic E-state index is 0.162. The lowest BCUT2D eigenvalue weighted by molar-refractivity contribution is 0.268. The van der Waals surface area contributed by atoms with Crippen molar-refractivity contribution in [2.75, 3.05) is 30.3 Å². The zero-order valence-corrected chi connectivity index (χ0v) is 14.2. The molecule has 0 unspecified atom stereocenters. The van der Waals surface area contributed by atoms with E-state index in [1.54, 1.807) is 0 Å². The Balaban J connectivity index is 2.82. The Morgan fingerprint density at radius 2 is 1.67 bits per heavy atom. The molecule has 120 valence electrons. The zero-order valence-electron chi connectivity index (χ0n) is 14.2. The van der Waals surface area contributed by atoms with Gasteiger partial charge in [-0.25, -0.2) is 0 Å². The van der Waals surface area contributed by atoms with Gasteiger partial charge in [0.25, 0.3) is 0 Å². The molecule has 1 aromatic rings. The van der Waals surface area contributed by atoms with Crippen LogP contribution in [0.4, 0.5) is 11.9 Å². The highest BCUT2D eigenvalue weighted by Crippen LogP contribution is 2.26. The molecule has 0 saturated heterocycles. The van der Waals surface area contributed by atoms with Gasteiger partial charge >= 0.3 is 6.01 Å². The molecular formula is C15H29N5O. The number of aromatic nitrogens is 3. The largest absolute Gasteiger partial charge is 0.464 e. The molecular weight excluding hydrogens is 266 g/mol. The maximum Gasteiger partial charge on any atom is 0.323 e. The number of nitrogens with zero attached hydrogens (tertiary/aromatic N) is 3. The Hall–Kier alpha value is -1.59. The quantitative estimate of drug-likeness (QED) is 0.729. The molecule has 0 bridgehead atoms. The monoisotopic (exact) mass is 295 g/mol. The standard InChI is InChI=1S/C15H29N5O/c1-7-9-16-12-18-13(20-14(19-12)21-8-2)17-10-15(5,6)11(3)4/h11H,7-10H2,1-6H3,(H2,16,17,18,19,20). The molecule has 1 rings (SSSR count). The van der Waals surface area contributed by atoms with E-state index in [2.05, 4.69) is 60.2 Å². The third-order valence-corrected chi connectivity index (χ3v) is 3.69. The van der Waals surface area contributed by atoms with Crippen LogP contribution in [0.1, 0.15) is 48.0 Å². The third kappa shape index (κ3) is 5.73. The molecule has 6 nitrogen and oxygen atoms in total. The highest BCUT2D eigenvalue weighted by Gasteiger charge is 2.22. The van der Waals surface area contributed by atoms with Gasteiger partial charge in [-0.1, -0.05) is 34.6 Å². The van der Waals surface area contributed by atoms with E-state index in [0.717, 1.165) is 19.5 Å². The van der Waals surface area contributed by atoms with Gasteiger partial charge in [-0.2, -0.15) is 15.0 Å². The Morgan fingerprint density at radius 3 is 2.19 bits per heavy atom. The molecule has 0 aliphatic heterocycles. The molecule has 0 amide bonds. The summed E-state index contributed by atoms with van der Waals surface area (Å²) in [6, 6.07) is 0.357. The maximum atomic E-state index is 5.40. The van der Waals surface area contributed by atoms with Crippen LogP contribution in [0.15, 0.2) is 0 Å². The summed E-state index contributed by atoms with van der Waals surface area (Å²) >= 11 is 0. The van der Waals surface area contributed by atoms with Gasteiger partial charge in [0.05, 0.1) is 6.61 Å². The lowest BCUT2D eigenvalue weighted by Crippen LogP contribution is -2.29. The van der Waals surface area contributed by atoms with Gasteiger partial charge in [-0.3, -0.25) is 0 Å². The van der Waals surface area contributed by atoms with E-state index >= 15 is 0 Å². The third-order valence-electron chi connectivity index (χ3n) is 3.69. The molecule has 1 aromatic heterocycles. The first kappa shape index (κ1) is 17.5. The van der Waals surface area contributed by atoms with Crippen molar-refractivity contribution in [3.63, 3.8) is 0 Å². The van der Waals surface area contributed by atoms with Gasteiger partial charge in [0.15, 0.2) is 0 Å². The minimum Gasteiger partial charge on any atom is -0.464 e. The van der Waals surface area contributed by atoms with Gasteiger partial charge in [0, 0.05) is 13.1 Å². The molecule has 2 N–H and O–H groups in total. The lowest BCUT2D eigenvalue weighted by atomic mass is 9.81. The molecule has 6 heteroatoms. The highest BCUT2D eigenvalue weighted by atomic mass is 16.5. The first-order chi connectivity index (χ1) is 9.89. The van der Waals surface area contributed by atoms with E-state index in [-0.39, 0.29) is 5.41 Å². The summed E-state index contributed by atoms with van der Waals surface area (Å²) in [6.45, 7) is 15.1. The molecule has 0 atom stereocenters. The predicted molar refractivity (Wildman–Crippen MR) is 86.9 cm³/mol. The number of hydrogen-bond acceptors (Lipinski definition) is 6. The van der Waals surface area contributed by atoms with Crippen molar-refractivity contribution >= 4 is 11.9 Å². The average Bonchev–Trinajstić information content (AvgIpc) is 2.43. The van der Waals surface area contributed by atoms with Crippen LogP contribution in [0, 0.1) is 11.3 Å². The average molecular weight is 295 g/mol. The first-order valence-corrected chi connectivity index (χ1v) is 7.75. The van der Waals surface area contributed by atoms with Gasteiger partial charge < -0.3 is 15.4 Å². The Kier molecular flexibility index (Phi) is 6.65. The number of nitrogens with one attached hydrogen (secondary N) is 2. The van der Waals surface area contributed by atoms with Crippen LogP contribution in [-0.4, -0.2) is 34.6 Å². The molecule has 0 fully saturated rings. The zero-order chi connectivity index (χ0) is 15.9. The fraction of sp³-hybridized carbons (Fsp3) is 0.800. The second-order valence-corrected chi connectivity index (χ2v) is 6.12. The van der Waals surface area contributed by atoms with E-state index in [1.165, 1.54) is 0 Å². The molecule has 0 aliphatic rings. The van der Waals surface area contributed by atoms with Gasteiger partial charge in [0.2, 0.25) is 11.9 Å². The van der Waals surface area contributed by atoms with Crippen molar-refractivity contribution in [2.24, 2.45) is 11.3 Å². The first-order valence-electron chi connectivity index (χ1n) is 7.75. The molecule has 0 spiro atoms. The smallest absolute Gasteiger partial charge is 0.323 e. The number of hydrogen-bond donors (Lipinski definition) is 2. The summed E-state index contributed by atoms with van der Waals surface area (Å²) in [5.74, 6) is 1.68. The Labute approximate surface area is 128 Å². The van der Waals surface area contributed by atoms with Gasteiger partial charge in [0.1, 0.15) is 0 Å². The summed E-state index contributed by atoms with van der Waals surface area (Å²) in [7, 11) is 0. The SMILES string of the molecule is CCCNc1nc(NCC(C)(C)C(C)C)nc(OCC)n1. The minimum absolute atomic E-state index is 0.162. The molecule has 0 saturated carbocycles. The van der Waals surface area contributed by atoms with E-state index in [0.29, 0.717) is 30.4 Å². The summed E-state index contributed by atoms with van der Waals surface area (Å²) < 4.78 is 5.40. The summed E-state index contributed by atoms with van der Waals surface area (Å²) in [6.07, 6.45) is 1.01. The fourth-order valence-electron chi connectivity index (χ4n) is 1.46. The van der Waals surface area contributed by atoms with Crippen molar-refractivity contribution < 1.29 is 4.74 Å². The number of anilines is 2. The number of ether oxygens (including phenoxy) is 1. The lowest BCUT2D eigenvalue weighted by Gasteiger charge is -2.29. The molecule has 1 heterocycles. The maximum absolute atomic E-state index is 5.40. The molecule has 0 aromatic carbocycles. The van der Waals surface area contributed by atoms with Crippen LogP contribution in [0.25, 0.3) is 0 Å². The van der Waals surface area contributed by atoms with Crippen molar-refractivity contribution in [2.45, 2.75) is 48.0 Å². The normalized spacial score (nSPS) is 11.6. The van der Waals surface area contributed by atoms with Crippen molar-refractivity contribution in [3.05, 3.63) is 0 Å². The van der Waals surface area contributed by atoms with E-state index in [4.69, 9.17) is 4.74 Å². The number of rotatable bonds is 9. The van der Waals surface area contributed by atoms with E-state index < -0.39 is 0 Å². The van der Waals surface area contributed by atoms with Crippen LogP contribution < -0.4 is 15.4 Å². The summed E-state index contributed by atoms with van der Waals surface area (Å²) in [5, 5.41) is 6.47. The molecule has 21 heavy (non-hydrogen) atoms. The highest BCUT2D eigenvalue weighted by molar-refractivity contribution is 5.36.